The van der Waals surface area contributed by atoms with Crippen LogP contribution < -0.4 is 0 Å². The Labute approximate surface area is 149 Å². The molecule has 0 amide bonds. The third-order valence-electron chi connectivity index (χ3n) is 4.81. The molecule has 132 valence electrons. The van der Waals surface area contributed by atoms with Crippen molar-refractivity contribution in [3.05, 3.63) is 54.8 Å². The van der Waals surface area contributed by atoms with Crippen LogP contribution in [0.15, 0.2) is 47.5 Å². The van der Waals surface area contributed by atoms with Crippen molar-refractivity contribution in [2.75, 3.05) is 13.1 Å². The predicted molar refractivity (Wildman–Crippen MR) is 91.7 cm³/mol. The molecule has 26 heavy (non-hydrogen) atoms. The van der Waals surface area contributed by atoms with E-state index in [2.05, 4.69) is 30.3 Å². The van der Waals surface area contributed by atoms with E-state index in [0.29, 0.717) is 5.92 Å². The molecule has 0 aliphatic carbocycles. The Morgan fingerprint density at radius 3 is 2.81 bits per heavy atom. The lowest BCUT2D eigenvalue weighted by atomic mass is 9.96. The van der Waals surface area contributed by atoms with Crippen LogP contribution in [0.5, 0.6) is 0 Å². The summed E-state index contributed by atoms with van der Waals surface area (Å²) >= 11 is 0. The van der Waals surface area contributed by atoms with Gasteiger partial charge >= 0.3 is 0 Å². The third-order valence-corrected chi connectivity index (χ3v) is 4.81. The molecule has 5 heterocycles. The molecule has 0 unspecified atom stereocenters. The number of nitrogens with zero attached hydrogens (tertiary/aromatic N) is 8. The van der Waals surface area contributed by atoms with Gasteiger partial charge in [-0.2, -0.15) is 9.61 Å². The fourth-order valence-corrected chi connectivity index (χ4v) is 3.45. The van der Waals surface area contributed by atoms with E-state index in [9.17, 15) is 0 Å². The molecular weight excluding hydrogens is 332 g/mol. The second-order valence-corrected chi connectivity index (χ2v) is 6.45. The quantitative estimate of drug-likeness (QED) is 0.553. The molecule has 4 aromatic rings. The summed E-state index contributed by atoms with van der Waals surface area (Å²) in [5.74, 6) is 2.78. The zero-order chi connectivity index (χ0) is 17.3. The molecule has 0 aromatic carbocycles. The van der Waals surface area contributed by atoms with Gasteiger partial charge in [-0.05, 0) is 44.1 Å². The summed E-state index contributed by atoms with van der Waals surface area (Å²) in [7, 11) is 0. The average Bonchev–Trinajstić information content (AvgIpc) is 3.43. The Balaban J connectivity index is 1.35. The third kappa shape index (κ3) is 2.76. The zero-order valence-corrected chi connectivity index (χ0v) is 14.1. The summed E-state index contributed by atoms with van der Waals surface area (Å²) in [6, 6.07) is 5.71. The molecule has 1 aliphatic heterocycles. The summed E-state index contributed by atoms with van der Waals surface area (Å²) in [5.41, 5.74) is 0.762. The highest BCUT2D eigenvalue weighted by Crippen LogP contribution is 2.27. The van der Waals surface area contributed by atoms with E-state index in [0.717, 1.165) is 55.7 Å². The Bertz CT molecular complexity index is 983. The summed E-state index contributed by atoms with van der Waals surface area (Å²) < 4.78 is 8.93. The van der Waals surface area contributed by atoms with Gasteiger partial charge in [0.15, 0.2) is 17.3 Å². The Morgan fingerprint density at radius 1 is 1.12 bits per heavy atom. The summed E-state index contributed by atoms with van der Waals surface area (Å²) in [4.78, 5) is 6.56. The van der Waals surface area contributed by atoms with Crippen molar-refractivity contribution in [1.29, 1.82) is 0 Å². The first-order valence-electron chi connectivity index (χ1n) is 8.70. The molecule has 9 heteroatoms. The molecule has 0 spiro atoms. The summed E-state index contributed by atoms with van der Waals surface area (Å²) in [6.07, 6.45) is 8.94. The van der Waals surface area contributed by atoms with Gasteiger partial charge in [0.05, 0.1) is 12.7 Å². The number of oxazole rings is 1. The van der Waals surface area contributed by atoms with Crippen molar-refractivity contribution >= 4 is 5.65 Å². The van der Waals surface area contributed by atoms with Crippen LogP contribution in [0.2, 0.25) is 0 Å². The van der Waals surface area contributed by atoms with Gasteiger partial charge in [0, 0.05) is 18.3 Å². The average molecular weight is 350 g/mol. The number of hydrogen-bond donors (Lipinski definition) is 0. The molecule has 5 rings (SSSR count). The van der Waals surface area contributed by atoms with Crippen LogP contribution in [-0.2, 0) is 6.54 Å². The lowest BCUT2D eigenvalue weighted by Gasteiger charge is -2.29. The molecule has 0 bridgehead atoms. The highest BCUT2D eigenvalue weighted by molar-refractivity contribution is 5.39. The first-order valence-corrected chi connectivity index (χ1v) is 8.70. The smallest absolute Gasteiger partial charge is 0.208 e. The van der Waals surface area contributed by atoms with Crippen molar-refractivity contribution in [2.24, 2.45) is 0 Å². The Hall–Kier alpha value is -3.07. The van der Waals surface area contributed by atoms with E-state index in [1.807, 2.05) is 28.9 Å². The van der Waals surface area contributed by atoms with Gasteiger partial charge in [0.25, 0.3) is 0 Å². The first kappa shape index (κ1) is 15.2. The van der Waals surface area contributed by atoms with E-state index in [1.54, 1.807) is 23.3 Å². The summed E-state index contributed by atoms with van der Waals surface area (Å²) in [5, 5.41) is 17.6. The highest BCUT2D eigenvalue weighted by atomic mass is 16.3. The maximum Gasteiger partial charge on any atom is 0.208 e. The number of aromatic nitrogens is 7. The molecule has 0 radical (unpaired) electrons. The van der Waals surface area contributed by atoms with Gasteiger partial charge in [0.1, 0.15) is 6.26 Å². The van der Waals surface area contributed by atoms with E-state index < -0.39 is 0 Å². The molecule has 0 N–H and O–H groups in total. The van der Waals surface area contributed by atoms with Crippen LogP contribution in [0.4, 0.5) is 0 Å². The maximum atomic E-state index is 5.34. The van der Waals surface area contributed by atoms with E-state index in [-0.39, 0.29) is 0 Å². The number of rotatable bonds is 4. The van der Waals surface area contributed by atoms with Crippen molar-refractivity contribution in [1.82, 2.24) is 39.5 Å². The molecule has 0 saturated carbocycles. The second-order valence-electron chi connectivity index (χ2n) is 6.45. The molecular formula is C17H18N8O. The zero-order valence-electron chi connectivity index (χ0n) is 14.1. The molecule has 0 atom stereocenters. The van der Waals surface area contributed by atoms with Gasteiger partial charge in [-0.25, -0.2) is 9.67 Å². The first-order chi connectivity index (χ1) is 12.9. The van der Waals surface area contributed by atoms with Gasteiger partial charge in [-0.1, -0.05) is 0 Å². The highest BCUT2D eigenvalue weighted by Gasteiger charge is 2.25. The monoisotopic (exact) mass is 350 g/mol. The van der Waals surface area contributed by atoms with Gasteiger partial charge in [-0.15, -0.1) is 15.3 Å². The van der Waals surface area contributed by atoms with Crippen molar-refractivity contribution < 1.29 is 4.42 Å². The summed E-state index contributed by atoms with van der Waals surface area (Å²) in [6.45, 7) is 2.70. The molecule has 4 aromatic heterocycles. The van der Waals surface area contributed by atoms with Gasteiger partial charge in [-0.3, -0.25) is 4.90 Å². The number of piperidine rings is 1. The second kappa shape index (κ2) is 6.34. The maximum absolute atomic E-state index is 5.34. The van der Waals surface area contributed by atoms with Crippen LogP contribution in [0.1, 0.15) is 30.5 Å². The molecule has 1 aliphatic rings. The largest absolute Gasteiger partial charge is 0.448 e. The normalized spacial score (nSPS) is 16.5. The molecule has 1 saturated heterocycles. The minimum atomic E-state index is 0.339. The van der Waals surface area contributed by atoms with E-state index in [4.69, 9.17) is 4.42 Å². The van der Waals surface area contributed by atoms with Crippen LogP contribution >= 0.6 is 0 Å². The van der Waals surface area contributed by atoms with Crippen molar-refractivity contribution in [3.8, 4) is 5.82 Å². The molecule has 9 nitrogen and oxygen atoms in total. The van der Waals surface area contributed by atoms with Crippen LogP contribution in [0, 0.1) is 0 Å². The Kier molecular flexibility index (Phi) is 3.71. The lowest BCUT2D eigenvalue weighted by Crippen LogP contribution is -2.33. The number of likely N-dealkylation sites (tertiary alicyclic amines) is 1. The van der Waals surface area contributed by atoms with E-state index in [1.165, 1.54) is 0 Å². The van der Waals surface area contributed by atoms with Crippen molar-refractivity contribution in [2.45, 2.75) is 25.3 Å². The fourth-order valence-electron chi connectivity index (χ4n) is 3.45. The SMILES string of the molecule is c1cnn(-c2ccc3nnc(C4CCN(Cc5ncco5)CC4)n3n2)c1. The Morgan fingerprint density at radius 2 is 2.04 bits per heavy atom. The van der Waals surface area contributed by atoms with Crippen LogP contribution in [-0.4, -0.2) is 52.6 Å². The number of fused-ring (bicyclic) bond motifs is 1. The standard InChI is InChI=1S/C17H18N8O/c1-6-19-24(8-1)15-3-2-14-20-21-17(25(14)22-15)13-4-9-23(10-5-13)12-16-18-7-11-26-16/h1-3,6-8,11,13H,4-5,9-10,12H2. The predicted octanol–water partition coefficient (Wildman–Crippen LogP) is 1.68. The van der Waals surface area contributed by atoms with Crippen LogP contribution in [0.25, 0.3) is 11.5 Å². The minimum Gasteiger partial charge on any atom is -0.448 e. The molecule has 1 fully saturated rings. The van der Waals surface area contributed by atoms with Gasteiger partial charge < -0.3 is 4.42 Å². The van der Waals surface area contributed by atoms with Gasteiger partial charge in [0.2, 0.25) is 5.89 Å². The lowest BCUT2D eigenvalue weighted by molar-refractivity contribution is 0.184. The fraction of sp³-hybridized carbons (Fsp3) is 0.353. The minimum absolute atomic E-state index is 0.339. The van der Waals surface area contributed by atoms with Crippen molar-refractivity contribution in [3.63, 3.8) is 0 Å². The number of hydrogen-bond acceptors (Lipinski definition) is 7. The van der Waals surface area contributed by atoms with Crippen LogP contribution in [0.3, 0.4) is 0 Å². The topological polar surface area (TPSA) is 90.2 Å². The van der Waals surface area contributed by atoms with E-state index >= 15 is 0 Å².